The minimum Gasteiger partial charge on any atom is -0.485 e. The zero-order valence-electron chi connectivity index (χ0n) is 17.2. The summed E-state index contributed by atoms with van der Waals surface area (Å²) in [5, 5.41) is 0. The quantitative estimate of drug-likeness (QED) is 0.425. The number of allylic oxidation sites excluding steroid dienone is 2. The average Bonchev–Trinajstić information content (AvgIpc) is 3.56. The third-order valence-electron chi connectivity index (χ3n) is 7.48. The number of benzene rings is 2. The van der Waals surface area contributed by atoms with Crippen LogP contribution in [-0.4, -0.2) is 24.2 Å². The molecule has 2 aromatic carbocycles. The summed E-state index contributed by atoms with van der Waals surface area (Å²) in [6.07, 6.45) is 5.49. The van der Waals surface area contributed by atoms with E-state index in [1.807, 2.05) is 19.1 Å². The van der Waals surface area contributed by atoms with Crippen LogP contribution in [0, 0.1) is 42.4 Å². The van der Waals surface area contributed by atoms with Crippen molar-refractivity contribution in [2.75, 3.05) is 11.5 Å². The van der Waals surface area contributed by atoms with Crippen LogP contribution < -0.4 is 9.64 Å². The van der Waals surface area contributed by atoms with Gasteiger partial charge in [0.15, 0.2) is 12.4 Å². The lowest BCUT2D eigenvalue weighted by Gasteiger charge is -2.37. The van der Waals surface area contributed by atoms with E-state index in [0.717, 1.165) is 12.0 Å². The number of amides is 2. The van der Waals surface area contributed by atoms with Crippen LogP contribution in [0.3, 0.4) is 0 Å². The lowest BCUT2D eigenvalue weighted by molar-refractivity contribution is -0.124. The van der Waals surface area contributed by atoms with E-state index in [1.54, 1.807) is 36.4 Å². The third-order valence-corrected chi connectivity index (χ3v) is 7.48. The van der Waals surface area contributed by atoms with Crippen molar-refractivity contribution in [2.45, 2.75) is 13.3 Å². The van der Waals surface area contributed by atoms with Crippen LogP contribution >= 0.6 is 0 Å². The molecule has 5 heteroatoms. The molecule has 1 saturated heterocycles. The summed E-state index contributed by atoms with van der Waals surface area (Å²) < 4.78 is 5.71. The van der Waals surface area contributed by atoms with Crippen molar-refractivity contribution >= 4 is 23.3 Å². The molecule has 31 heavy (non-hydrogen) atoms. The number of hydrogen-bond donors (Lipinski definition) is 0. The van der Waals surface area contributed by atoms with Crippen LogP contribution in [0.1, 0.15) is 22.3 Å². The molecular formula is C26H23NO4. The van der Waals surface area contributed by atoms with Gasteiger partial charge >= 0.3 is 0 Å². The molecule has 1 heterocycles. The number of aryl methyl sites for hydroxylation is 1. The third kappa shape index (κ3) is 2.79. The number of nitrogens with zero attached hydrogens (tertiary/aromatic N) is 1. The minimum absolute atomic E-state index is 0.0902. The van der Waals surface area contributed by atoms with E-state index < -0.39 is 0 Å². The van der Waals surface area contributed by atoms with Crippen LogP contribution in [-0.2, 0) is 9.59 Å². The standard InChI is InChI=1S/C26H23NO4/c1-14-5-7-15(8-6-14)22(28)13-31-17-4-2-3-16(11-17)27-25(29)23-18-9-10-19(21-12-20(18)21)24(23)26(27)30/h2-11,18-21,23-24H,12-13H2,1H3/t18-,19-,20-,21+,23-,24-/m1/s1. The van der Waals surface area contributed by atoms with Gasteiger partial charge in [-0.15, -0.1) is 0 Å². The fourth-order valence-electron chi connectivity index (χ4n) is 5.90. The van der Waals surface area contributed by atoms with Crippen molar-refractivity contribution in [1.29, 1.82) is 0 Å². The zero-order chi connectivity index (χ0) is 21.3. The largest absolute Gasteiger partial charge is 0.485 e. The highest BCUT2D eigenvalue weighted by Gasteiger charge is 2.67. The van der Waals surface area contributed by atoms with Gasteiger partial charge in [-0.05, 0) is 49.1 Å². The number of ketones is 1. The topological polar surface area (TPSA) is 63.7 Å². The van der Waals surface area contributed by atoms with Crippen LogP contribution in [0.25, 0.3) is 0 Å². The van der Waals surface area contributed by atoms with Crippen LogP contribution in [0.15, 0.2) is 60.7 Å². The number of imide groups is 1. The fourth-order valence-corrected chi connectivity index (χ4v) is 5.90. The lowest BCUT2D eigenvalue weighted by Crippen LogP contribution is -2.40. The van der Waals surface area contributed by atoms with Gasteiger partial charge in [0.2, 0.25) is 11.8 Å². The molecule has 2 saturated carbocycles. The van der Waals surface area contributed by atoms with Crippen molar-refractivity contribution in [3.63, 3.8) is 0 Å². The van der Waals surface area contributed by atoms with Crippen LogP contribution in [0.2, 0.25) is 0 Å². The van der Waals surface area contributed by atoms with Crippen LogP contribution in [0.4, 0.5) is 5.69 Å². The average molecular weight is 413 g/mol. The lowest BCUT2D eigenvalue weighted by atomic mass is 9.63. The van der Waals surface area contributed by atoms with Gasteiger partial charge in [-0.2, -0.15) is 0 Å². The molecule has 0 spiro atoms. The molecule has 5 nitrogen and oxygen atoms in total. The predicted octanol–water partition coefficient (Wildman–Crippen LogP) is 3.81. The molecule has 0 radical (unpaired) electrons. The molecular weight excluding hydrogens is 390 g/mol. The van der Waals surface area contributed by atoms with E-state index >= 15 is 0 Å². The van der Waals surface area contributed by atoms with Gasteiger partial charge in [0.1, 0.15) is 5.75 Å². The Morgan fingerprint density at radius 1 is 0.968 bits per heavy atom. The van der Waals surface area contributed by atoms with Gasteiger partial charge in [0, 0.05) is 11.6 Å². The molecule has 4 aliphatic carbocycles. The van der Waals surface area contributed by atoms with E-state index in [9.17, 15) is 14.4 Å². The second-order valence-electron chi connectivity index (χ2n) is 9.24. The number of hydrogen-bond acceptors (Lipinski definition) is 4. The zero-order valence-corrected chi connectivity index (χ0v) is 17.2. The summed E-state index contributed by atoms with van der Waals surface area (Å²) in [6, 6.07) is 14.3. The molecule has 156 valence electrons. The highest BCUT2D eigenvalue weighted by molar-refractivity contribution is 6.22. The summed E-state index contributed by atoms with van der Waals surface area (Å²) in [5.74, 6) is 1.29. The number of carbonyl (C=O) groups excluding carboxylic acids is 3. The first-order valence-electron chi connectivity index (χ1n) is 10.9. The van der Waals surface area contributed by atoms with E-state index in [2.05, 4.69) is 12.2 Å². The second-order valence-corrected chi connectivity index (χ2v) is 9.24. The number of ether oxygens (including phenoxy) is 1. The van der Waals surface area contributed by atoms with E-state index in [0.29, 0.717) is 28.8 Å². The Kier molecular flexibility index (Phi) is 3.98. The van der Waals surface area contributed by atoms with Gasteiger partial charge in [0.05, 0.1) is 17.5 Å². The van der Waals surface area contributed by atoms with Gasteiger partial charge in [-0.25, -0.2) is 4.90 Å². The van der Waals surface area contributed by atoms with E-state index in [4.69, 9.17) is 4.74 Å². The summed E-state index contributed by atoms with van der Waals surface area (Å²) in [4.78, 5) is 40.3. The predicted molar refractivity (Wildman–Crippen MR) is 115 cm³/mol. The summed E-state index contributed by atoms with van der Waals surface area (Å²) in [6.45, 7) is 1.87. The molecule has 6 atom stereocenters. The number of Topliss-reactive ketones (excluding diaryl/α,β-unsaturated/α-hetero) is 1. The Morgan fingerprint density at radius 2 is 1.61 bits per heavy atom. The van der Waals surface area contributed by atoms with Crippen molar-refractivity contribution < 1.29 is 19.1 Å². The fraction of sp³-hybridized carbons (Fsp3) is 0.346. The highest BCUT2D eigenvalue weighted by Crippen LogP contribution is 2.65. The van der Waals surface area contributed by atoms with Gasteiger partial charge < -0.3 is 4.74 Å². The first kappa shape index (κ1) is 18.6. The maximum atomic E-state index is 13.3. The molecule has 0 unspecified atom stereocenters. The molecule has 0 aromatic heterocycles. The monoisotopic (exact) mass is 413 g/mol. The van der Waals surface area contributed by atoms with Crippen molar-refractivity contribution in [1.82, 2.24) is 0 Å². The molecule has 0 N–H and O–H groups in total. The van der Waals surface area contributed by atoms with Crippen LogP contribution in [0.5, 0.6) is 5.75 Å². The maximum Gasteiger partial charge on any atom is 0.238 e. The smallest absolute Gasteiger partial charge is 0.238 e. The van der Waals surface area contributed by atoms with E-state index in [1.165, 1.54) is 4.90 Å². The van der Waals surface area contributed by atoms with Gasteiger partial charge in [0.25, 0.3) is 0 Å². The Hall–Kier alpha value is -3.21. The normalized spacial score (nSPS) is 32.1. The molecule has 1 aliphatic heterocycles. The Labute approximate surface area is 180 Å². The maximum absolute atomic E-state index is 13.3. The molecule has 3 fully saturated rings. The minimum atomic E-state index is -0.223. The number of rotatable bonds is 5. The molecule has 2 aromatic rings. The molecule has 5 aliphatic rings. The first-order chi connectivity index (χ1) is 15.0. The highest BCUT2D eigenvalue weighted by atomic mass is 16.5. The Bertz CT molecular complexity index is 1100. The van der Waals surface area contributed by atoms with Gasteiger partial charge in [-0.1, -0.05) is 48.0 Å². The van der Waals surface area contributed by atoms with Crippen molar-refractivity contribution in [3.8, 4) is 5.75 Å². The molecule has 2 amide bonds. The first-order valence-corrected chi connectivity index (χ1v) is 10.9. The van der Waals surface area contributed by atoms with Gasteiger partial charge in [-0.3, -0.25) is 14.4 Å². The second kappa shape index (κ2) is 6.64. The Balaban J connectivity index is 1.20. The number of anilines is 1. The Morgan fingerprint density at radius 3 is 2.26 bits per heavy atom. The SMILES string of the molecule is Cc1ccc(C(=O)COc2cccc(N3C(=O)[C@@H]4[C@@H]5C=C[C@H]([C@@H]6C[C@H]56)[C@H]4C3=O)c2)cc1. The number of carbonyl (C=O) groups is 3. The summed E-state index contributed by atoms with van der Waals surface area (Å²) in [5.41, 5.74) is 2.21. The molecule has 7 rings (SSSR count). The summed E-state index contributed by atoms with van der Waals surface area (Å²) in [7, 11) is 0. The van der Waals surface area contributed by atoms with E-state index in [-0.39, 0.29) is 47.9 Å². The molecule has 2 bridgehead atoms. The summed E-state index contributed by atoms with van der Waals surface area (Å²) >= 11 is 0. The van der Waals surface area contributed by atoms with Crippen molar-refractivity contribution in [2.24, 2.45) is 35.5 Å². The van der Waals surface area contributed by atoms with Crippen molar-refractivity contribution in [3.05, 3.63) is 71.8 Å².